The van der Waals surface area contributed by atoms with E-state index in [1.807, 2.05) is 36.9 Å². The molecule has 0 saturated carbocycles. The predicted octanol–water partition coefficient (Wildman–Crippen LogP) is 2.79. The number of hydrogen-bond acceptors (Lipinski definition) is 5. The molecule has 1 fully saturated rings. The Morgan fingerprint density at radius 1 is 0.875 bits per heavy atom. The van der Waals surface area contributed by atoms with Crippen LogP contribution in [0.2, 0.25) is 0 Å². The van der Waals surface area contributed by atoms with Crippen molar-refractivity contribution in [2.75, 3.05) is 43.4 Å². The van der Waals surface area contributed by atoms with Crippen LogP contribution in [0.3, 0.4) is 0 Å². The van der Waals surface area contributed by atoms with Gasteiger partial charge in [-0.2, -0.15) is 0 Å². The molecular weight excluding hydrogens is 404 g/mol. The van der Waals surface area contributed by atoms with Gasteiger partial charge in [0.15, 0.2) is 0 Å². The number of anilines is 2. The third-order valence-electron chi connectivity index (χ3n) is 6.12. The zero-order valence-corrected chi connectivity index (χ0v) is 18.9. The number of amides is 3. The van der Waals surface area contributed by atoms with Gasteiger partial charge >= 0.3 is 0 Å². The summed E-state index contributed by atoms with van der Waals surface area (Å²) in [6.07, 6.45) is 0. The summed E-state index contributed by atoms with van der Waals surface area (Å²) in [6, 6.07) is 12.7. The van der Waals surface area contributed by atoms with Crippen LogP contribution in [0.5, 0.6) is 0 Å². The van der Waals surface area contributed by atoms with Gasteiger partial charge in [0, 0.05) is 38.8 Å². The number of carbonyl (C=O) groups is 3. The molecule has 0 aromatic heterocycles. The molecule has 2 heterocycles. The zero-order chi connectivity index (χ0) is 23.0. The fourth-order valence-corrected chi connectivity index (χ4v) is 4.13. The highest BCUT2D eigenvalue weighted by atomic mass is 16.2. The molecule has 2 aliphatic heterocycles. The standard InChI is InChI=1S/C25H28N4O3/c1-16-5-6-19(15-17(16)2)22-23(28-13-11-27(4)12-14-28)25(32)29(24(22)31)21-9-7-20(8-10-21)26-18(3)30/h5-10,15H,11-14H2,1-4H3,(H,26,30). The molecule has 2 aliphatic rings. The quantitative estimate of drug-likeness (QED) is 0.753. The summed E-state index contributed by atoms with van der Waals surface area (Å²) in [5.74, 6) is -0.804. The topological polar surface area (TPSA) is 73.0 Å². The van der Waals surface area contributed by atoms with E-state index in [0.29, 0.717) is 35.7 Å². The highest BCUT2D eigenvalue weighted by Crippen LogP contribution is 2.36. The number of nitrogens with one attached hydrogen (secondary N) is 1. The van der Waals surface area contributed by atoms with Gasteiger partial charge in [-0.3, -0.25) is 14.4 Å². The Bertz CT molecular complexity index is 1110. The maximum absolute atomic E-state index is 13.6. The second kappa shape index (κ2) is 8.59. The Morgan fingerprint density at radius 2 is 1.53 bits per heavy atom. The van der Waals surface area contributed by atoms with E-state index < -0.39 is 0 Å². The second-order valence-electron chi connectivity index (χ2n) is 8.49. The molecule has 0 unspecified atom stereocenters. The van der Waals surface area contributed by atoms with Gasteiger partial charge in [-0.1, -0.05) is 18.2 Å². The van der Waals surface area contributed by atoms with Crippen LogP contribution in [0.15, 0.2) is 48.2 Å². The molecule has 166 valence electrons. The number of nitrogens with zero attached hydrogens (tertiary/aromatic N) is 3. The van der Waals surface area contributed by atoms with E-state index in [1.54, 1.807) is 24.3 Å². The highest BCUT2D eigenvalue weighted by Gasteiger charge is 2.43. The first-order valence-electron chi connectivity index (χ1n) is 10.8. The molecule has 0 spiro atoms. The third-order valence-corrected chi connectivity index (χ3v) is 6.12. The van der Waals surface area contributed by atoms with Crippen molar-refractivity contribution >= 4 is 34.7 Å². The molecule has 3 amide bonds. The second-order valence-corrected chi connectivity index (χ2v) is 8.49. The van der Waals surface area contributed by atoms with Gasteiger partial charge in [-0.25, -0.2) is 4.90 Å². The molecule has 4 rings (SSSR count). The van der Waals surface area contributed by atoms with Crippen LogP contribution >= 0.6 is 0 Å². The molecule has 1 N–H and O–H groups in total. The van der Waals surface area contributed by atoms with Gasteiger partial charge in [-0.05, 0) is 61.9 Å². The van der Waals surface area contributed by atoms with Gasteiger partial charge in [0.1, 0.15) is 5.70 Å². The zero-order valence-electron chi connectivity index (χ0n) is 18.9. The molecule has 0 radical (unpaired) electrons. The van der Waals surface area contributed by atoms with Gasteiger partial charge in [0.2, 0.25) is 5.91 Å². The Kier molecular flexibility index (Phi) is 5.84. The molecule has 0 atom stereocenters. The minimum Gasteiger partial charge on any atom is -0.364 e. The maximum atomic E-state index is 13.6. The normalized spacial score (nSPS) is 17.4. The van der Waals surface area contributed by atoms with Crippen LogP contribution in [0.1, 0.15) is 23.6 Å². The lowest BCUT2D eigenvalue weighted by molar-refractivity contribution is -0.121. The summed E-state index contributed by atoms with van der Waals surface area (Å²) in [7, 11) is 2.06. The monoisotopic (exact) mass is 432 g/mol. The molecular formula is C25H28N4O3. The van der Waals surface area contributed by atoms with E-state index >= 15 is 0 Å². The molecule has 0 bridgehead atoms. The van der Waals surface area contributed by atoms with Gasteiger partial charge in [-0.15, -0.1) is 0 Å². The van der Waals surface area contributed by atoms with Crippen LogP contribution in [-0.4, -0.2) is 60.7 Å². The molecule has 7 heteroatoms. The van der Waals surface area contributed by atoms with Crippen molar-refractivity contribution in [1.82, 2.24) is 9.80 Å². The van der Waals surface area contributed by atoms with Crippen LogP contribution in [-0.2, 0) is 14.4 Å². The van der Waals surface area contributed by atoms with Crippen molar-refractivity contribution in [3.63, 3.8) is 0 Å². The number of likely N-dealkylation sites (N-methyl/N-ethyl adjacent to an activating group) is 1. The van der Waals surface area contributed by atoms with Crippen molar-refractivity contribution < 1.29 is 14.4 Å². The molecule has 1 saturated heterocycles. The lowest BCUT2D eigenvalue weighted by Gasteiger charge is -2.34. The van der Waals surface area contributed by atoms with Gasteiger partial charge < -0.3 is 15.1 Å². The number of benzene rings is 2. The number of rotatable bonds is 4. The van der Waals surface area contributed by atoms with Gasteiger partial charge in [0.25, 0.3) is 11.8 Å². The molecule has 0 aliphatic carbocycles. The number of hydrogen-bond donors (Lipinski definition) is 1. The van der Waals surface area contributed by atoms with E-state index in [9.17, 15) is 14.4 Å². The smallest absolute Gasteiger partial charge is 0.282 e. The molecule has 32 heavy (non-hydrogen) atoms. The SMILES string of the molecule is CC(=O)Nc1ccc(N2C(=O)C(c3ccc(C)c(C)c3)=C(N3CCN(C)CC3)C2=O)cc1. The average Bonchev–Trinajstić information content (AvgIpc) is 3.01. The summed E-state index contributed by atoms with van der Waals surface area (Å²) in [4.78, 5) is 44.1. The Morgan fingerprint density at radius 3 is 2.12 bits per heavy atom. The minimum absolute atomic E-state index is 0.179. The van der Waals surface area contributed by atoms with E-state index in [-0.39, 0.29) is 17.7 Å². The predicted molar refractivity (Wildman–Crippen MR) is 125 cm³/mol. The van der Waals surface area contributed by atoms with Crippen LogP contribution in [0.4, 0.5) is 11.4 Å². The maximum Gasteiger partial charge on any atom is 0.282 e. The number of carbonyl (C=O) groups excluding carboxylic acids is 3. The molecule has 7 nitrogen and oxygen atoms in total. The fourth-order valence-electron chi connectivity index (χ4n) is 4.13. The molecule has 2 aromatic carbocycles. The third kappa shape index (κ3) is 4.03. The fraction of sp³-hybridized carbons (Fsp3) is 0.320. The highest BCUT2D eigenvalue weighted by molar-refractivity contribution is 6.45. The largest absolute Gasteiger partial charge is 0.364 e. The Labute approximate surface area is 188 Å². The minimum atomic E-state index is -0.320. The van der Waals surface area contributed by atoms with Crippen LogP contribution < -0.4 is 10.2 Å². The average molecular weight is 433 g/mol. The van der Waals surface area contributed by atoms with Crippen molar-refractivity contribution in [2.24, 2.45) is 0 Å². The first-order valence-corrected chi connectivity index (χ1v) is 10.8. The van der Waals surface area contributed by atoms with E-state index in [1.165, 1.54) is 11.8 Å². The summed E-state index contributed by atoms with van der Waals surface area (Å²) in [5.41, 5.74) is 4.99. The van der Waals surface area contributed by atoms with E-state index in [4.69, 9.17) is 0 Å². The summed E-state index contributed by atoms with van der Waals surface area (Å²) in [5, 5.41) is 2.71. The van der Waals surface area contributed by atoms with E-state index in [2.05, 4.69) is 17.3 Å². The van der Waals surface area contributed by atoms with Crippen LogP contribution in [0, 0.1) is 13.8 Å². The lowest BCUT2D eigenvalue weighted by Crippen LogP contribution is -2.46. The molecule has 2 aromatic rings. The number of aryl methyl sites for hydroxylation is 2. The van der Waals surface area contributed by atoms with E-state index in [0.717, 1.165) is 29.8 Å². The Hall–Kier alpha value is -3.45. The number of piperazine rings is 1. The lowest BCUT2D eigenvalue weighted by atomic mass is 9.99. The first kappa shape index (κ1) is 21.8. The summed E-state index contributed by atoms with van der Waals surface area (Å²) >= 11 is 0. The van der Waals surface area contributed by atoms with Gasteiger partial charge in [0.05, 0.1) is 11.3 Å². The van der Waals surface area contributed by atoms with Crippen molar-refractivity contribution in [3.8, 4) is 0 Å². The number of imide groups is 1. The van der Waals surface area contributed by atoms with Crippen molar-refractivity contribution in [2.45, 2.75) is 20.8 Å². The Balaban J connectivity index is 1.75. The summed E-state index contributed by atoms with van der Waals surface area (Å²) in [6.45, 7) is 8.51. The first-order chi connectivity index (χ1) is 15.3. The van der Waals surface area contributed by atoms with Crippen molar-refractivity contribution in [1.29, 1.82) is 0 Å². The summed E-state index contributed by atoms with van der Waals surface area (Å²) < 4.78 is 0. The van der Waals surface area contributed by atoms with Crippen LogP contribution in [0.25, 0.3) is 5.57 Å². The van der Waals surface area contributed by atoms with Crippen molar-refractivity contribution in [3.05, 3.63) is 64.9 Å².